The lowest BCUT2D eigenvalue weighted by atomic mass is 10.1. The molecule has 2 N–H and O–H groups in total. The lowest BCUT2D eigenvalue weighted by Crippen LogP contribution is -2.13. The van der Waals surface area contributed by atoms with Crippen LogP contribution in [-0.4, -0.2) is 9.97 Å². The van der Waals surface area contributed by atoms with Gasteiger partial charge in [-0.05, 0) is 24.8 Å². The van der Waals surface area contributed by atoms with Gasteiger partial charge in [0, 0.05) is 12.4 Å². The van der Waals surface area contributed by atoms with Crippen LogP contribution in [0.25, 0.3) is 0 Å². The van der Waals surface area contributed by atoms with Crippen LogP contribution in [0.15, 0.2) is 18.5 Å². The SMILES string of the molecule is NC(CCC1CC1)c1ncccn1. The molecule has 1 atom stereocenters. The molecule has 1 fully saturated rings. The molecular formula is C10H15N3. The number of rotatable bonds is 4. The summed E-state index contributed by atoms with van der Waals surface area (Å²) in [6.45, 7) is 0. The summed E-state index contributed by atoms with van der Waals surface area (Å²) in [4.78, 5) is 8.28. The quantitative estimate of drug-likeness (QED) is 0.761. The molecule has 2 rings (SSSR count). The third-order valence-corrected chi connectivity index (χ3v) is 2.50. The van der Waals surface area contributed by atoms with E-state index in [1.807, 2.05) is 6.07 Å². The second-order valence-corrected chi connectivity index (χ2v) is 3.73. The van der Waals surface area contributed by atoms with Crippen molar-refractivity contribution in [2.24, 2.45) is 11.7 Å². The fourth-order valence-electron chi connectivity index (χ4n) is 1.45. The first-order chi connectivity index (χ1) is 6.36. The zero-order valence-electron chi connectivity index (χ0n) is 7.69. The van der Waals surface area contributed by atoms with Gasteiger partial charge in [0.15, 0.2) is 0 Å². The van der Waals surface area contributed by atoms with Crippen LogP contribution in [-0.2, 0) is 0 Å². The van der Waals surface area contributed by atoms with Gasteiger partial charge >= 0.3 is 0 Å². The number of hydrogen-bond donors (Lipinski definition) is 1. The van der Waals surface area contributed by atoms with Gasteiger partial charge in [0.1, 0.15) is 5.82 Å². The van der Waals surface area contributed by atoms with Gasteiger partial charge in [0.05, 0.1) is 6.04 Å². The van der Waals surface area contributed by atoms with Crippen molar-refractivity contribution < 1.29 is 0 Å². The molecule has 1 aromatic rings. The molecule has 1 aliphatic rings. The zero-order valence-corrected chi connectivity index (χ0v) is 7.69. The monoisotopic (exact) mass is 177 g/mol. The highest BCUT2D eigenvalue weighted by molar-refractivity contribution is 4.94. The molecule has 0 amide bonds. The predicted octanol–water partition coefficient (Wildman–Crippen LogP) is 1.67. The van der Waals surface area contributed by atoms with Gasteiger partial charge in [0.2, 0.25) is 0 Å². The molecular weight excluding hydrogens is 162 g/mol. The Kier molecular flexibility index (Phi) is 2.54. The van der Waals surface area contributed by atoms with Crippen LogP contribution >= 0.6 is 0 Å². The van der Waals surface area contributed by atoms with Gasteiger partial charge in [-0.1, -0.05) is 12.8 Å². The standard InChI is InChI=1S/C10H15N3/c11-9(5-4-8-2-3-8)10-12-6-1-7-13-10/h1,6-9H,2-5,11H2. The van der Waals surface area contributed by atoms with Crippen LogP contribution < -0.4 is 5.73 Å². The predicted molar refractivity (Wildman–Crippen MR) is 50.9 cm³/mol. The van der Waals surface area contributed by atoms with E-state index < -0.39 is 0 Å². The van der Waals surface area contributed by atoms with Crippen molar-refractivity contribution in [3.8, 4) is 0 Å². The summed E-state index contributed by atoms with van der Waals surface area (Å²) in [6.07, 6.45) is 8.54. The van der Waals surface area contributed by atoms with E-state index in [1.54, 1.807) is 12.4 Å². The van der Waals surface area contributed by atoms with Gasteiger partial charge in [0.25, 0.3) is 0 Å². The van der Waals surface area contributed by atoms with E-state index in [9.17, 15) is 0 Å². The van der Waals surface area contributed by atoms with Crippen molar-refractivity contribution in [3.05, 3.63) is 24.3 Å². The Bertz CT molecular complexity index is 256. The Morgan fingerprint density at radius 1 is 1.38 bits per heavy atom. The summed E-state index contributed by atoms with van der Waals surface area (Å²) in [6, 6.07) is 1.85. The Morgan fingerprint density at radius 3 is 2.69 bits per heavy atom. The first kappa shape index (κ1) is 8.63. The first-order valence-electron chi connectivity index (χ1n) is 4.89. The van der Waals surface area contributed by atoms with E-state index >= 15 is 0 Å². The molecule has 0 radical (unpaired) electrons. The van der Waals surface area contributed by atoms with Crippen LogP contribution in [0.5, 0.6) is 0 Å². The van der Waals surface area contributed by atoms with Crippen LogP contribution in [0.2, 0.25) is 0 Å². The third kappa shape index (κ3) is 2.49. The topological polar surface area (TPSA) is 51.8 Å². The molecule has 1 saturated carbocycles. The normalized spacial score (nSPS) is 18.5. The second kappa shape index (κ2) is 3.83. The van der Waals surface area contributed by atoms with Crippen molar-refractivity contribution >= 4 is 0 Å². The molecule has 0 bridgehead atoms. The van der Waals surface area contributed by atoms with E-state index in [1.165, 1.54) is 19.3 Å². The highest BCUT2D eigenvalue weighted by Crippen LogP contribution is 2.34. The molecule has 1 unspecified atom stereocenters. The maximum atomic E-state index is 5.95. The van der Waals surface area contributed by atoms with Crippen molar-refractivity contribution in [2.75, 3.05) is 0 Å². The molecule has 1 heterocycles. The fourth-order valence-corrected chi connectivity index (χ4v) is 1.45. The highest BCUT2D eigenvalue weighted by Gasteiger charge is 2.22. The molecule has 13 heavy (non-hydrogen) atoms. The molecule has 1 aliphatic carbocycles. The number of nitrogens with zero attached hydrogens (tertiary/aromatic N) is 2. The number of nitrogens with two attached hydrogens (primary N) is 1. The van der Waals surface area contributed by atoms with Crippen molar-refractivity contribution in [3.63, 3.8) is 0 Å². The zero-order chi connectivity index (χ0) is 9.10. The minimum atomic E-state index is 0.0294. The van der Waals surface area contributed by atoms with E-state index in [0.717, 1.165) is 18.2 Å². The molecule has 0 spiro atoms. The van der Waals surface area contributed by atoms with Gasteiger partial charge < -0.3 is 5.73 Å². The molecule has 0 aromatic carbocycles. The molecule has 3 nitrogen and oxygen atoms in total. The first-order valence-corrected chi connectivity index (χ1v) is 4.89. The third-order valence-electron chi connectivity index (χ3n) is 2.50. The molecule has 0 saturated heterocycles. The maximum Gasteiger partial charge on any atom is 0.144 e. The van der Waals surface area contributed by atoms with Gasteiger partial charge in [-0.15, -0.1) is 0 Å². The Labute approximate surface area is 78.4 Å². The highest BCUT2D eigenvalue weighted by atomic mass is 14.9. The summed E-state index contributed by atoms with van der Waals surface area (Å²) in [5, 5.41) is 0. The van der Waals surface area contributed by atoms with Gasteiger partial charge in [-0.25, -0.2) is 9.97 Å². The lowest BCUT2D eigenvalue weighted by Gasteiger charge is -2.08. The summed E-state index contributed by atoms with van der Waals surface area (Å²) >= 11 is 0. The second-order valence-electron chi connectivity index (χ2n) is 3.73. The minimum absolute atomic E-state index is 0.0294. The lowest BCUT2D eigenvalue weighted by molar-refractivity contribution is 0.552. The Morgan fingerprint density at radius 2 is 2.08 bits per heavy atom. The fraction of sp³-hybridized carbons (Fsp3) is 0.600. The Balaban J connectivity index is 1.85. The summed E-state index contributed by atoms with van der Waals surface area (Å²) < 4.78 is 0. The van der Waals surface area contributed by atoms with Gasteiger partial charge in [-0.2, -0.15) is 0 Å². The summed E-state index contributed by atoms with van der Waals surface area (Å²) in [5.74, 6) is 1.72. The van der Waals surface area contributed by atoms with Crippen LogP contribution in [0, 0.1) is 5.92 Å². The summed E-state index contributed by atoms with van der Waals surface area (Å²) in [7, 11) is 0. The average molecular weight is 177 g/mol. The van der Waals surface area contributed by atoms with Crippen LogP contribution in [0.4, 0.5) is 0 Å². The van der Waals surface area contributed by atoms with E-state index in [4.69, 9.17) is 5.73 Å². The van der Waals surface area contributed by atoms with Crippen LogP contribution in [0.1, 0.15) is 37.5 Å². The molecule has 1 aromatic heterocycles. The summed E-state index contributed by atoms with van der Waals surface area (Å²) in [5.41, 5.74) is 5.95. The average Bonchev–Trinajstić information content (AvgIpc) is 2.99. The van der Waals surface area contributed by atoms with Crippen molar-refractivity contribution in [2.45, 2.75) is 31.7 Å². The van der Waals surface area contributed by atoms with E-state index in [0.29, 0.717) is 0 Å². The van der Waals surface area contributed by atoms with E-state index in [2.05, 4.69) is 9.97 Å². The number of aromatic nitrogens is 2. The van der Waals surface area contributed by atoms with Crippen LogP contribution in [0.3, 0.4) is 0 Å². The van der Waals surface area contributed by atoms with Crippen molar-refractivity contribution in [1.82, 2.24) is 9.97 Å². The Hall–Kier alpha value is -0.960. The maximum absolute atomic E-state index is 5.95. The van der Waals surface area contributed by atoms with Gasteiger partial charge in [-0.3, -0.25) is 0 Å². The van der Waals surface area contributed by atoms with E-state index in [-0.39, 0.29) is 6.04 Å². The van der Waals surface area contributed by atoms with Crippen molar-refractivity contribution in [1.29, 1.82) is 0 Å². The molecule has 3 heteroatoms. The minimum Gasteiger partial charge on any atom is -0.321 e. The molecule has 70 valence electrons. The molecule has 0 aliphatic heterocycles. The smallest absolute Gasteiger partial charge is 0.144 e. The largest absolute Gasteiger partial charge is 0.321 e. The number of hydrogen-bond acceptors (Lipinski definition) is 3.